The third kappa shape index (κ3) is 3.44. The fourth-order valence-corrected chi connectivity index (χ4v) is 2.96. The molecule has 0 atom stereocenters. The Bertz CT molecular complexity index is 955. The number of hydrogen-bond donors (Lipinski definition) is 2. The first kappa shape index (κ1) is 18.0. The molecule has 0 aliphatic heterocycles. The molecule has 1 heterocycles. The van der Waals surface area contributed by atoms with Crippen molar-refractivity contribution in [1.29, 1.82) is 5.41 Å². The predicted molar refractivity (Wildman–Crippen MR) is 95.3 cm³/mol. The van der Waals surface area contributed by atoms with Crippen LogP contribution in [0.1, 0.15) is 11.4 Å². The SMILES string of the molecule is Cc1ccccc1-n1c(CSC(=N)N)nc2ccccc2c1=O.[Cl-]. The number of amidine groups is 1. The van der Waals surface area contributed by atoms with Crippen molar-refractivity contribution >= 4 is 27.8 Å². The van der Waals surface area contributed by atoms with Gasteiger partial charge in [0.25, 0.3) is 5.56 Å². The molecule has 3 rings (SSSR count). The molecule has 2 aromatic carbocycles. The average molecular weight is 360 g/mol. The normalized spacial score (nSPS) is 10.4. The number of benzene rings is 2. The zero-order valence-corrected chi connectivity index (χ0v) is 14.6. The van der Waals surface area contributed by atoms with Gasteiger partial charge in [0.05, 0.1) is 22.3 Å². The van der Waals surface area contributed by atoms with Gasteiger partial charge in [0, 0.05) is 0 Å². The van der Waals surface area contributed by atoms with E-state index in [0.717, 1.165) is 23.0 Å². The van der Waals surface area contributed by atoms with E-state index in [-0.39, 0.29) is 23.1 Å². The van der Waals surface area contributed by atoms with Crippen LogP contribution in [0.4, 0.5) is 0 Å². The second kappa shape index (κ2) is 7.51. The summed E-state index contributed by atoms with van der Waals surface area (Å²) < 4.78 is 1.62. The van der Waals surface area contributed by atoms with Crippen molar-refractivity contribution in [3.05, 3.63) is 70.3 Å². The second-order valence-corrected chi connectivity index (χ2v) is 6.14. The van der Waals surface area contributed by atoms with E-state index in [2.05, 4.69) is 4.98 Å². The number of para-hydroxylation sites is 2. The maximum Gasteiger partial charge on any atom is 0.265 e. The van der Waals surface area contributed by atoms with Gasteiger partial charge in [-0.1, -0.05) is 42.1 Å². The summed E-state index contributed by atoms with van der Waals surface area (Å²) in [5.74, 6) is 0.951. The lowest BCUT2D eigenvalue weighted by Crippen LogP contribution is -3.00. The van der Waals surface area contributed by atoms with Gasteiger partial charge in [0.2, 0.25) is 0 Å². The van der Waals surface area contributed by atoms with Crippen molar-refractivity contribution in [3.8, 4) is 5.69 Å². The van der Waals surface area contributed by atoms with E-state index in [1.54, 1.807) is 10.6 Å². The Balaban J connectivity index is 0.00000208. The first-order valence-electron chi connectivity index (χ1n) is 7.11. The van der Waals surface area contributed by atoms with Gasteiger partial charge in [-0.25, -0.2) is 4.98 Å². The lowest BCUT2D eigenvalue weighted by atomic mass is 10.2. The molecule has 24 heavy (non-hydrogen) atoms. The monoisotopic (exact) mass is 359 g/mol. The number of hydrogen-bond acceptors (Lipinski definition) is 4. The first-order valence-corrected chi connectivity index (χ1v) is 8.10. The summed E-state index contributed by atoms with van der Waals surface area (Å²) in [6, 6.07) is 15.0. The number of nitrogens with zero attached hydrogens (tertiary/aromatic N) is 2. The number of fused-ring (bicyclic) bond motifs is 1. The zero-order valence-electron chi connectivity index (χ0n) is 13.0. The van der Waals surface area contributed by atoms with Crippen molar-refractivity contribution in [1.82, 2.24) is 9.55 Å². The maximum absolute atomic E-state index is 13.0. The fraction of sp³-hybridized carbons (Fsp3) is 0.118. The summed E-state index contributed by atoms with van der Waals surface area (Å²) >= 11 is 1.16. The molecule has 7 heteroatoms. The van der Waals surface area contributed by atoms with Crippen molar-refractivity contribution in [2.75, 3.05) is 0 Å². The minimum Gasteiger partial charge on any atom is -1.00 e. The summed E-state index contributed by atoms with van der Waals surface area (Å²) in [6.45, 7) is 1.96. The van der Waals surface area contributed by atoms with Crippen LogP contribution in [0.15, 0.2) is 53.3 Å². The highest BCUT2D eigenvalue weighted by molar-refractivity contribution is 8.13. The number of halogens is 1. The number of nitrogens with two attached hydrogens (primary N) is 1. The molecule has 0 saturated carbocycles. The minimum absolute atomic E-state index is 0. The third-order valence-electron chi connectivity index (χ3n) is 3.56. The largest absolute Gasteiger partial charge is 1.00 e. The molecule has 3 aromatic rings. The van der Waals surface area contributed by atoms with Crippen LogP contribution < -0.4 is 23.7 Å². The Morgan fingerprint density at radius 3 is 2.58 bits per heavy atom. The second-order valence-electron chi connectivity index (χ2n) is 5.13. The Kier molecular flexibility index (Phi) is 5.64. The van der Waals surface area contributed by atoms with Gasteiger partial charge in [-0.05, 0) is 30.7 Å². The minimum atomic E-state index is -0.107. The standard InChI is InChI=1S/C17H16N4OS.ClH/c1-11-6-2-5-9-14(11)21-15(10-23-17(18)19)20-13-8-4-3-7-12(13)16(21)22;/h2-9H,10H2,1H3,(H3,18,19);1H/p-1. The van der Waals surface area contributed by atoms with Crippen molar-refractivity contribution in [2.24, 2.45) is 5.73 Å². The molecule has 0 unspecified atom stereocenters. The predicted octanol–water partition coefficient (Wildman–Crippen LogP) is -0.175. The number of nitrogens with one attached hydrogen (secondary N) is 1. The Labute approximate surface area is 149 Å². The van der Waals surface area contributed by atoms with Crippen molar-refractivity contribution < 1.29 is 12.4 Å². The van der Waals surface area contributed by atoms with Gasteiger partial charge in [0.1, 0.15) is 5.82 Å². The summed E-state index contributed by atoms with van der Waals surface area (Å²) in [5.41, 5.74) is 7.78. The molecule has 3 N–H and O–H groups in total. The molecule has 124 valence electrons. The van der Waals surface area contributed by atoms with Gasteiger partial charge in [0.15, 0.2) is 5.17 Å². The van der Waals surface area contributed by atoms with Crippen molar-refractivity contribution in [2.45, 2.75) is 12.7 Å². The topological polar surface area (TPSA) is 84.8 Å². The van der Waals surface area contributed by atoms with Gasteiger partial charge in [-0.15, -0.1) is 0 Å². The van der Waals surface area contributed by atoms with E-state index in [9.17, 15) is 4.79 Å². The van der Waals surface area contributed by atoms with Gasteiger partial charge in [-0.2, -0.15) is 0 Å². The van der Waals surface area contributed by atoms with E-state index < -0.39 is 0 Å². The molecule has 0 saturated heterocycles. The molecule has 0 fully saturated rings. The summed E-state index contributed by atoms with van der Waals surface area (Å²) in [7, 11) is 0. The van der Waals surface area contributed by atoms with Crippen LogP contribution in [0.3, 0.4) is 0 Å². The van der Waals surface area contributed by atoms with Crippen LogP contribution in [0.2, 0.25) is 0 Å². The van der Waals surface area contributed by atoms with Gasteiger partial charge in [-0.3, -0.25) is 14.8 Å². The highest BCUT2D eigenvalue weighted by Gasteiger charge is 2.14. The van der Waals surface area contributed by atoms with Crippen LogP contribution in [0.5, 0.6) is 0 Å². The van der Waals surface area contributed by atoms with E-state index in [1.165, 1.54) is 0 Å². The summed E-state index contributed by atoms with van der Waals surface area (Å²) in [5, 5.41) is 7.98. The molecular weight excluding hydrogens is 344 g/mol. The Morgan fingerprint density at radius 2 is 1.88 bits per heavy atom. The van der Waals surface area contributed by atoms with Crippen LogP contribution in [0, 0.1) is 12.3 Å². The Hall–Kier alpha value is -2.31. The number of aromatic nitrogens is 2. The maximum atomic E-state index is 13.0. The van der Waals surface area contributed by atoms with Gasteiger partial charge < -0.3 is 18.1 Å². The zero-order chi connectivity index (χ0) is 16.4. The van der Waals surface area contributed by atoms with Crippen molar-refractivity contribution in [3.63, 3.8) is 0 Å². The summed E-state index contributed by atoms with van der Waals surface area (Å²) in [6.07, 6.45) is 0. The van der Waals surface area contributed by atoms with E-state index in [1.807, 2.05) is 49.4 Å². The van der Waals surface area contributed by atoms with E-state index >= 15 is 0 Å². The summed E-state index contributed by atoms with van der Waals surface area (Å²) in [4.78, 5) is 17.6. The number of thioether (sulfide) groups is 1. The lowest BCUT2D eigenvalue weighted by Gasteiger charge is -2.15. The Morgan fingerprint density at radius 1 is 1.21 bits per heavy atom. The fourth-order valence-electron chi connectivity index (χ4n) is 2.48. The third-order valence-corrected chi connectivity index (χ3v) is 4.27. The molecule has 1 aromatic heterocycles. The van der Waals surface area contributed by atoms with Crippen LogP contribution in [0.25, 0.3) is 16.6 Å². The van der Waals surface area contributed by atoms with Gasteiger partial charge >= 0.3 is 0 Å². The van der Waals surface area contributed by atoms with Crippen LogP contribution in [-0.2, 0) is 5.75 Å². The van der Waals surface area contributed by atoms with Crippen LogP contribution >= 0.6 is 11.8 Å². The number of aryl methyl sites for hydroxylation is 1. The van der Waals surface area contributed by atoms with E-state index in [4.69, 9.17) is 11.1 Å². The molecular formula is C17H16ClN4OS-. The smallest absolute Gasteiger partial charge is 0.265 e. The highest BCUT2D eigenvalue weighted by atomic mass is 35.5. The highest BCUT2D eigenvalue weighted by Crippen LogP contribution is 2.19. The molecule has 0 amide bonds. The quantitative estimate of drug-likeness (QED) is 0.502. The first-order chi connectivity index (χ1) is 11.1. The number of rotatable bonds is 3. The molecule has 0 spiro atoms. The van der Waals surface area contributed by atoms with E-state index in [0.29, 0.717) is 22.5 Å². The average Bonchev–Trinajstić information content (AvgIpc) is 2.54. The molecule has 0 aliphatic carbocycles. The molecule has 0 aliphatic rings. The lowest BCUT2D eigenvalue weighted by molar-refractivity contribution is -0.00000512. The molecule has 5 nitrogen and oxygen atoms in total. The molecule has 0 bridgehead atoms. The molecule has 0 radical (unpaired) electrons. The van der Waals surface area contributed by atoms with Crippen LogP contribution in [-0.4, -0.2) is 14.7 Å².